The van der Waals surface area contributed by atoms with Crippen molar-refractivity contribution in [3.05, 3.63) is 88.9 Å². The number of hydrogen-bond acceptors (Lipinski definition) is 5. The van der Waals surface area contributed by atoms with Crippen molar-refractivity contribution in [1.82, 2.24) is 10.2 Å². The number of halogens is 1. The first-order chi connectivity index (χ1) is 18.7. The highest BCUT2D eigenvalue weighted by Gasteiger charge is 2.33. The molecule has 1 atom stereocenters. The van der Waals surface area contributed by atoms with Crippen LogP contribution in [0.25, 0.3) is 0 Å². The summed E-state index contributed by atoms with van der Waals surface area (Å²) in [6.45, 7) is 6.04. The Balaban J connectivity index is 2.04. The van der Waals surface area contributed by atoms with Crippen molar-refractivity contribution in [3.8, 4) is 5.75 Å². The lowest BCUT2D eigenvalue weighted by Crippen LogP contribution is -2.52. The molecule has 208 valence electrons. The summed E-state index contributed by atoms with van der Waals surface area (Å²) < 4.78 is 35.1. The molecule has 2 amide bonds. The molecule has 3 aromatic carbocycles. The molecule has 39 heavy (non-hydrogen) atoms. The number of hydrogen-bond donors (Lipinski definition) is 1. The fourth-order valence-corrected chi connectivity index (χ4v) is 5.81. The molecule has 1 N–H and O–H groups in total. The van der Waals surface area contributed by atoms with Crippen molar-refractivity contribution in [2.24, 2.45) is 0 Å². The van der Waals surface area contributed by atoms with Crippen LogP contribution in [0.15, 0.2) is 88.2 Å². The van der Waals surface area contributed by atoms with Gasteiger partial charge in [0, 0.05) is 17.6 Å². The summed E-state index contributed by atoms with van der Waals surface area (Å²) in [6.07, 6.45) is 0.368. The minimum absolute atomic E-state index is 0.0396. The van der Waals surface area contributed by atoms with Crippen LogP contribution in [0, 0.1) is 0 Å². The van der Waals surface area contributed by atoms with E-state index in [1.54, 1.807) is 36.4 Å². The second kappa shape index (κ2) is 14.1. The topological polar surface area (TPSA) is 96.0 Å². The number of rotatable bonds is 13. The monoisotopic (exact) mass is 615 g/mol. The van der Waals surface area contributed by atoms with E-state index in [0.29, 0.717) is 31.0 Å². The van der Waals surface area contributed by atoms with E-state index in [-0.39, 0.29) is 17.3 Å². The zero-order valence-corrected chi connectivity index (χ0v) is 24.7. The number of carbonyl (C=O) groups excluding carboxylic acids is 2. The number of benzene rings is 3. The lowest BCUT2D eigenvalue weighted by Gasteiger charge is -2.33. The van der Waals surface area contributed by atoms with E-state index in [4.69, 9.17) is 4.74 Å². The predicted molar refractivity (Wildman–Crippen MR) is 156 cm³/mol. The van der Waals surface area contributed by atoms with Crippen molar-refractivity contribution < 1.29 is 22.7 Å². The smallest absolute Gasteiger partial charge is 0.264 e. The lowest BCUT2D eigenvalue weighted by atomic mass is 10.1. The lowest BCUT2D eigenvalue weighted by molar-refractivity contribution is -0.140. The van der Waals surface area contributed by atoms with Crippen molar-refractivity contribution >= 4 is 43.5 Å². The van der Waals surface area contributed by atoms with Gasteiger partial charge in [-0.15, -0.1) is 0 Å². The first kappa shape index (κ1) is 30.2. The fraction of sp³-hybridized carbons (Fsp3) is 0.310. The maximum atomic E-state index is 13.9. The zero-order valence-electron chi connectivity index (χ0n) is 22.3. The minimum atomic E-state index is -4.14. The highest BCUT2D eigenvalue weighted by Crippen LogP contribution is 2.27. The largest absolute Gasteiger partial charge is 0.494 e. The first-order valence-corrected chi connectivity index (χ1v) is 15.1. The van der Waals surface area contributed by atoms with Gasteiger partial charge in [0.2, 0.25) is 11.8 Å². The van der Waals surface area contributed by atoms with Crippen LogP contribution in [0.4, 0.5) is 5.69 Å². The number of sulfonamides is 1. The Hall–Kier alpha value is -3.37. The zero-order chi connectivity index (χ0) is 28.4. The average Bonchev–Trinajstić information content (AvgIpc) is 2.93. The van der Waals surface area contributed by atoms with E-state index in [1.807, 2.05) is 51.1 Å². The van der Waals surface area contributed by atoms with Gasteiger partial charge in [0.25, 0.3) is 10.0 Å². The van der Waals surface area contributed by atoms with Crippen LogP contribution in [0.3, 0.4) is 0 Å². The number of likely N-dealkylation sites (N-methyl/N-ethyl adjacent to an activating group) is 1. The molecule has 0 aromatic heterocycles. The molecule has 0 saturated carbocycles. The van der Waals surface area contributed by atoms with E-state index in [0.717, 1.165) is 14.3 Å². The van der Waals surface area contributed by atoms with Gasteiger partial charge in [-0.2, -0.15) is 0 Å². The molecule has 3 rings (SSSR count). The molecule has 8 nitrogen and oxygen atoms in total. The second-order valence-electron chi connectivity index (χ2n) is 8.72. The van der Waals surface area contributed by atoms with Crippen LogP contribution in [0.5, 0.6) is 5.75 Å². The van der Waals surface area contributed by atoms with Crippen LogP contribution in [-0.2, 0) is 26.2 Å². The summed E-state index contributed by atoms with van der Waals surface area (Å²) in [5.41, 5.74) is 1.14. The molecule has 0 heterocycles. The number of ether oxygens (including phenoxy) is 1. The van der Waals surface area contributed by atoms with E-state index >= 15 is 0 Å². The third-order valence-corrected chi connectivity index (χ3v) is 8.37. The van der Waals surface area contributed by atoms with E-state index in [1.165, 1.54) is 17.0 Å². The van der Waals surface area contributed by atoms with Gasteiger partial charge in [0.1, 0.15) is 18.3 Å². The molecule has 0 spiro atoms. The Bertz CT molecular complexity index is 1330. The quantitative estimate of drug-likeness (QED) is 0.292. The van der Waals surface area contributed by atoms with E-state index in [9.17, 15) is 18.0 Å². The SMILES string of the molecule is CCNC(=O)[C@H](CC)N(Cc1ccccc1)C(=O)CN(c1ccc(OCC)cc1)S(=O)(=O)c1ccc(Br)cc1. The summed E-state index contributed by atoms with van der Waals surface area (Å²) in [7, 11) is -4.14. The molecule has 3 aromatic rings. The molecular formula is C29H34BrN3O5S. The molecule has 0 unspecified atom stereocenters. The highest BCUT2D eigenvalue weighted by molar-refractivity contribution is 9.10. The fourth-order valence-electron chi connectivity index (χ4n) is 4.13. The Morgan fingerprint density at radius 2 is 1.56 bits per heavy atom. The maximum Gasteiger partial charge on any atom is 0.264 e. The van der Waals surface area contributed by atoms with Crippen LogP contribution < -0.4 is 14.4 Å². The summed E-state index contributed by atoms with van der Waals surface area (Å²) >= 11 is 3.34. The van der Waals surface area contributed by atoms with Gasteiger partial charge in [-0.3, -0.25) is 13.9 Å². The molecule has 0 radical (unpaired) electrons. The highest BCUT2D eigenvalue weighted by atomic mass is 79.9. The molecule has 10 heteroatoms. The summed E-state index contributed by atoms with van der Waals surface area (Å²) in [5, 5.41) is 2.80. The van der Waals surface area contributed by atoms with Crippen molar-refractivity contribution in [2.75, 3.05) is 24.0 Å². The van der Waals surface area contributed by atoms with Gasteiger partial charge in [-0.1, -0.05) is 53.2 Å². The van der Waals surface area contributed by atoms with Crippen molar-refractivity contribution in [2.45, 2.75) is 44.7 Å². The molecule has 0 aliphatic rings. The maximum absolute atomic E-state index is 13.9. The van der Waals surface area contributed by atoms with Crippen molar-refractivity contribution in [1.29, 1.82) is 0 Å². The predicted octanol–water partition coefficient (Wildman–Crippen LogP) is 4.99. The van der Waals surface area contributed by atoms with Gasteiger partial charge in [0.05, 0.1) is 17.2 Å². The summed E-state index contributed by atoms with van der Waals surface area (Å²) in [4.78, 5) is 28.4. The third kappa shape index (κ3) is 7.83. The summed E-state index contributed by atoms with van der Waals surface area (Å²) in [6, 6.07) is 21.3. The Morgan fingerprint density at radius 3 is 2.13 bits per heavy atom. The molecule has 0 fully saturated rings. The molecule has 0 aliphatic heterocycles. The molecule has 0 bridgehead atoms. The van der Waals surface area contributed by atoms with Gasteiger partial charge in [-0.25, -0.2) is 8.42 Å². The van der Waals surface area contributed by atoms with Gasteiger partial charge in [0.15, 0.2) is 0 Å². The number of carbonyl (C=O) groups is 2. The molecular weight excluding hydrogens is 582 g/mol. The number of amides is 2. The first-order valence-electron chi connectivity index (χ1n) is 12.8. The number of anilines is 1. The van der Waals surface area contributed by atoms with Crippen molar-refractivity contribution in [3.63, 3.8) is 0 Å². The normalized spacial score (nSPS) is 11.9. The molecule has 0 aliphatic carbocycles. The Labute approximate surface area is 239 Å². The second-order valence-corrected chi connectivity index (χ2v) is 11.5. The van der Waals surface area contributed by atoms with Gasteiger partial charge >= 0.3 is 0 Å². The minimum Gasteiger partial charge on any atom is -0.494 e. The Kier molecular flexibility index (Phi) is 10.9. The van der Waals surface area contributed by atoms with Gasteiger partial charge < -0.3 is 15.0 Å². The number of nitrogens with zero attached hydrogens (tertiary/aromatic N) is 2. The van der Waals surface area contributed by atoms with Crippen LogP contribution >= 0.6 is 15.9 Å². The summed E-state index contributed by atoms with van der Waals surface area (Å²) in [5.74, 6) is -0.194. The van der Waals surface area contributed by atoms with Gasteiger partial charge in [-0.05, 0) is 74.4 Å². The molecule has 0 saturated heterocycles. The Morgan fingerprint density at radius 1 is 0.923 bits per heavy atom. The van der Waals surface area contributed by atoms with E-state index < -0.39 is 28.5 Å². The standard InChI is InChI=1S/C29H34BrN3O5S/c1-4-27(29(35)31-5-2)32(20-22-10-8-7-9-11-22)28(34)21-33(24-14-16-25(17-15-24)38-6-3)39(36,37)26-18-12-23(30)13-19-26/h7-19,27H,4-6,20-21H2,1-3H3,(H,31,35)/t27-/m0/s1. The van der Waals surface area contributed by atoms with Crippen LogP contribution in [-0.4, -0.2) is 50.9 Å². The van der Waals surface area contributed by atoms with E-state index in [2.05, 4.69) is 21.2 Å². The average molecular weight is 617 g/mol. The van der Waals surface area contributed by atoms with Crippen LogP contribution in [0.1, 0.15) is 32.8 Å². The third-order valence-electron chi connectivity index (χ3n) is 6.05. The number of nitrogens with one attached hydrogen (secondary N) is 1. The van der Waals surface area contributed by atoms with Crippen LogP contribution in [0.2, 0.25) is 0 Å².